The van der Waals surface area contributed by atoms with Crippen molar-refractivity contribution >= 4 is 0 Å². The Morgan fingerprint density at radius 2 is 1.80 bits per heavy atom. The van der Waals surface area contributed by atoms with Crippen LogP contribution in [-0.2, 0) is 5.41 Å². The normalized spacial score (nSPS) is 22.9. The molecule has 2 saturated carbocycles. The fraction of sp³-hybridized carbons (Fsp3) is 0.667. The molecule has 0 aliphatic heterocycles. The van der Waals surface area contributed by atoms with Gasteiger partial charge in [-0.05, 0) is 56.2 Å². The van der Waals surface area contributed by atoms with Gasteiger partial charge in [-0.1, -0.05) is 31.4 Å². The maximum Gasteiger partial charge on any atom is 0.120 e. The van der Waals surface area contributed by atoms with Gasteiger partial charge in [0.15, 0.2) is 0 Å². The molecule has 0 spiro atoms. The number of benzene rings is 1. The fourth-order valence-electron chi connectivity index (χ4n) is 3.94. The van der Waals surface area contributed by atoms with Crippen LogP contribution in [0.4, 0.5) is 0 Å². The highest BCUT2D eigenvalue weighted by atomic mass is 16.5. The molecule has 2 N–H and O–H groups in total. The van der Waals surface area contributed by atoms with Crippen molar-refractivity contribution in [1.82, 2.24) is 0 Å². The zero-order chi connectivity index (χ0) is 13.8. The summed E-state index contributed by atoms with van der Waals surface area (Å²) in [4.78, 5) is 0. The van der Waals surface area contributed by atoms with Gasteiger partial charge in [-0.15, -0.1) is 0 Å². The third-order valence-electron chi connectivity index (χ3n) is 5.25. The van der Waals surface area contributed by atoms with Gasteiger partial charge < -0.3 is 10.5 Å². The molecule has 2 aliphatic rings. The molecule has 0 aromatic heterocycles. The van der Waals surface area contributed by atoms with Gasteiger partial charge in [0.05, 0.1) is 6.10 Å². The van der Waals surface area contributed by atoms with E-state index in [2.05, 4.69) is 24.3 Å². The van der Waals surface area contributed by atoms with E-state index in [0.29, 0.717) is 6.10 Å². The first-order valence-electron chi connectivity index (χ1n) is 8.30. The van der Waals surface area contributed by atoms with Crippen molar-refractivity contribution in [2.24, 2.45) is 5.73 Å². The molecule has 0 atom stereocenters. The van der Waals surface area contributed by atoms with Crippen molar-refractivity contribution in [3.8, 4) is 5.75 Å². The van der Waals surface area contributed by atoms with Crippen LogP contribution in [0.5, 0.6) is 5.75 Å². The molecule has 1 aromatic rings. The van der Waals surface area contributed by atoms with Gasteiger partial charge in [0.2, 0.25) is 0 Å². The van der Waals surface area contributed by atoms with Crippen LogP contribution in [0, 0.1) is 0 Å². The Balaban J connectivity index is 1.78. The van der Waals surface area contributed by atoms with E-state index in [1.54, 1.807) is 0 Å². The van der Waals surface area contributed by atoms with Gasteiger partial charge in [-0.2, -0.15) is 0 Å². The molecule has 0 bridgehead atoms. The standard InChI is InChI=1S/C18H27NO/c19-14-18(11-4-1-5-12-18)15-7-6-10-17(13-15)20-16-8-2-3-9-16/h6-7,10,13,16H,1-5,8-9,11-12,14,19H2. The second-order valence-corrected chi connectivity index (χ2v) is 6.60. The van der Waals surface area contributed by atoms with Crippen molar-refractivity contribution in [2.45, 2.75) is 69.3 Å². The smallest absolute Gasteiger partial charge is 0.120 e. The van der Waals surface area contributed by atoms with Gasteiger partial charge in [0.25, 0.3) is 0 Å². The third kappa shape index (κ3) is 2.85. The highest BCUT2D eigenvalue weighted by molar-refractivity contribution is 5.35. The first-order chi connectivity index (χ1) is 9.82. The summed E-state index contributed by atoms with van der Waals surface area (Å²) >= 11 is 0. The topological polar surface area (TPSA) is 35.2 Å². The number of rotatable bonds is 4. The average molecular weight is 273 g/mol. The van der Waals surface area contributed by atoms with E-state index in [0.717, 1.165) is 12.3 Å². The molecule has 2 aliphatic carbocycles. The van der Waals surface area contributed by atoms with Gasteiger partial charge in [-0.3, -0.25) is 0 Å². The van der Waals surface area contributed by atoms with Crippen LogP contribution in [0.1, 0.15) is 63.4 Å². The Kier molecular flexibility index (Phi) is 4.30. The van der Waals surface area contributed by atoms with Crippen molar-refractivity contribution < 1.29 is 4.74 Å². The van der Waals surface area contributed by atoms with E-state index in [1.165, 1.54) is 63.4 Å². The SMILES string of the molecule is NCC1(c2cccc(OC3CCCC3)c2)CCCCC1. The maximum atomic E-state index is 6.16. The molecule has 0 heterocycles. The predicted octanol–water partition coefficient (Wildman–Crippen LogP) is 4.17. The largest absolute Gasteiger partial charge is 0.490 e. The fourth-order valence-corrected chi connectivity index (χ4v) is 3.94. The minimum Gasteiger partial charge on any atom is -0.490 e. The van der Waals surface area contributed by atoms with E-state index in [9.17, 15) is 0 Å². The Morgan fingerprint density at radius 1 is 1.05 bits per heavy atom. The third-order valence-corrected chi connectivity index (χ3v) is 5.25. The van der Waals surface area contributed by atoms with Crippen LogP contribution in [0.15, 0.2) is 24.3 Å². The second-order valence-electron chi connectivity index (χ2n) is 6.60. The minimum atomic E-state index is 0.202. The summed E-state index contributed by atoms with van der Waals surface area (Å²) < 4.78 is 6.16. The van der Waals surface area contributed by atoms with Gasteiger partial charge in [-0.25, -0.2) is 0 Å². The number of hydrogen-bond donors (Lipinski definition) is 1. The highest BCUT2D eigenvalue weighted by Gasteiger charge is 2.32. The monoisotopic (exact) mass is 273 g/mol. The van der Waals surface area contributed by atoms with Gasteiger partial charge in [0.1, 0.15) is 5.75 Å². The van der Waals surface area contributed by atoms with Crippen LogP contribution in [0.25, 0.3) is 0 Å². The van der Waals surface area contributed by atoms with E-state index >= 15 is 0 Å². The number of ether oxygens (including phenoxy) is 1. The zero-order valence-corrected chi connectivity index (χ0v) is 12.4. The molecular formula is C18H27NO. The lowest BCUT2D eigenvalue weighted by molar-refractivity contribution is 0.209. The lowest BCUT2D eigenvalue weighted by Gasteiger charge is -2.37. The average Bonchev–Trinajstić information content (AvgIpc) is 3.01. The highest BCUT2D eigenvalue weighted by Crippen LogP contribution is 2.39. The summed E-state index contributed by atoms with van der Waals surface area (Å²) in [5, 5.41) is 0. The van der Waals surface area contributed by atoms with Gasteiger partial charge in [0, 0.05) is 12.0 Å². The molecular weight excluding hydrogens is 246 g/mol. The molecule has 3 rings (SSSR count). The van der Waals surface area contributed by atoms with Crippen molar-refractivity contribution in [2.75, 3.05) is 6.54 Å². The Morgan fingerprint density at radius 3 is 2.50 bits per heavy atom. The summed E-state index contributed by atoms with van der Waals surface area (Å²) in [5.41, 5.74) is 7.74. The predicted molar refractivity (Wildman–Crippen MR) is 83.1 cm³/mol. The van der Waals surface area contributed by atoms with E-state index in [1.807, 2.05) is 0 Å². The van der Waals surface area contributed by atoms with Crippen molar-refractivity contribution in [3.63, 3.8) is 0 Å². The van der Waals surface area contributed by atoms with Crippen LogP contribution in [-0.4, -0.2) is 12.6 Å². The summed E-state index contributed by atoms with van der Waals surface area (Å²) in [6.07, 6.45) is 11.9. The zero-order valence-electron chi connectivity index (χ0n) is 12.4. The van der Waals surface area contributed by atoms with Crippen LogP contribution in [0.3, 0.4) is 0 Å². The molecule has 0 unspecified atom stereocenters. The molecule has 20 heavy (non-hydrogen) atoms. The molecule has 0 amide bonds. The Labute approximate surface area is 122 Å². The van der Waals surface area contributed by atoms with E-state index in [4.69, 9.17) is 10.5 Å². The molecule has 0 radical (unpaired) electrons. The van der Waals surface area contributed by atoms with E-state index in [-0.39, 0.29) is 5.41 Å². The first-order valence-corrected chi connectivity index (χ1v) is 8.30. The lowest BCUT2D eigenvalue weighted by Crippen LogP contribution is -2.37. The molecule has 2 heteroatoms. The first kappa shape index (κ1) is 13.9. The summed E-state index contributed by atoms with van der Waals surface area (Å²) in [6.45, 7) is 0.764. The molecule has 1 aromatic carbocycles. The number of hydrogen-bond acceptors (Lipinski definition) is 2. The molecule has 110 valence electrons. The maximum absolute atomic E-state index is 6.16. The van der Waals surface area contributed by atoms with Crippen molar-refractivity contribution in [1.29, 1.82) is 0 Å². The Bertz CT molecular complexity index is 431. The Hall–Kier alpha value is -1.02. The van der Waals surface area contributed by atoms with E-state index < -0.39 is 0 Å². The van der Waals surface area contributed by atoms with Crippen LogP contribution in [0.2, 0.25) is 0 Å². The lowest BCUT2D eigenvalue weighted by atomic mass is 9.69. The van der Waals surface area contributed by atoms with Crippen LogP contribution >= 0.6 is 0 Å². The minimum absolute atomic E-state index is 0.202. The van der Waals surface area contributed by atoms with Crippen molar-refractivity contribution in [3.05, 3.63) is 29.8 Å². The number of nitrogens with two attached hydrogens (primary N) is 1. The molecule has 2 fully saturated rings. The van der Waals surface area contributed by atoms with Crippen LogP contribution < -0.4 is 10.5 Å². The summed E-state index contributed by atoms with van der Waals surface area (Å²) in [6, 6.07) is 8.76. The molecule has 2 nitrogen and oxygen atoms in total. The summed E-state index contributed by atoms with van der Waals surface area (Å²) in [7, 11) is 0. The molecule has 0 saturated heterocycles. The quantitative estimate of drug-likeness (QED) is 0.893. The van der Waals surface area contributed by atoms with Gasteiger partial charge >= 0.3 is 0 Å². The second kappa shape index (κ2) is 6.17. The summed E-state index contributed by atoms with van der Waals surface area (Å²) in [5.74, 6) is 1.05.